The Kier molecular flexibility index (Phi) is 3.27. The molecule has 3 rings (SSSR count). The van der Waals surface area contributed by atoms with Gasteiger partial charge in [0, 0.05) is 7.05 Å². The van der Waals surface area contributed by atoms with E-state index in [1.54, 1.807) is 7.05 Å². The number of carbonyl (C=O) groups excluding carboxylic acids is 1. The predicted molar refractivity (Wildman–Crippen MR) is 75.7 cm³/mol. The van der Waals surface area contributed by atoms with Crippen molar-refractivity contribution in [2.75, 3.05) is 13.6 Å². The van der Waals surface area contributed by atoms with E-state index < -0.39 is 5.91 Å². The molecule has 0 spiro atoms. The molecule has 0 saturated heterocycles. The fourth-order valence-corrected chi connectivity index (χ4v) is 2.02. The van der Waals surface area contributed by atoms with Gasteiger partial charge in [0.2, 0.25) is 0 Å². The molecule has 1 aromatic carbocycles. The normalized spacial score (nSPS) is 14.7. The van der Waals surface area contributed by atoms with Gasteiger partial charge in [-0.2, -0.15) is 0 Å². The van der Waals surface area contributed by atoms with Crippen molar-refractivity contribution >= 4 is 11.5 Å². The van der Waals surface area contributed by atoms with E-state index >= 15 is 0 Å². The van der Waals surface area contributed by atoms with E-state index in [0.29, 0.717) is 29.4 Å². The van der Waals surface area contributed by atoms with Crippen LogP contribution >= 0.6 is 0 Å². The summed E-state index contributed by atoms with van der Waals surface area (Å²) in [6.07, 6.45) is 3.02. The Balaban J connectivity index is 1.81. The number of nitrogens with zero attached hydrogens (tertiary/aromatic N) is 3. The van der Waals surface area contributed by atoms with Crippen molar-refractivity contribution in [3.05, 3.63) is 54.3 Å². The molecule has 21 heavy (non-hydrogen) atoms. The van der Waals surface area contributed by atoms with E-state index in [2.05, 4.69) is 9.97 Å². The zero-order chi connectivity index (χ0) is 14.8. The smallest absolute Gasteiger partial charge is 0.289 e. The summed E-state index contributed by atoms with van der Waals surface area (Å²) in [5.41, 5.74) is 0.425. The summed E-state index contributed by atoms with van der Waals surface area (Å²) < 4.78 is 5.58. The molecule has 6 nitrogen and oxygen atoms in total. The van der Waals surface area contributed by atoms with Crippen LogP contribution in [0.2, 0.25) is 0 Å². The molecule has 0 aliphatic carbocycles. The Morgan fingerprint density at radius 3 is 2.38 bits per heavy atom. The predicted octanol–water partition coefficient (Wildman–Crippen LogP) is 2.01. The lowest BCUT2D eigenvalue weighted by molar-refractivity contribution is -0.126. The van der Waals surface area contributed by atoms with E-state index in [9.17, 15) is 9.90 Å². The molecule has 0 fully saturated rings. The summed E-state index contributed by atoms with van der Waals surface area (Å²) in [5, 5.41) is 9.76. The molecule has 106 valence electrons. The number of aliphatic hydroxyl groups excluding tert-OH is 1. The maximum absolute atomic E-state index is 11.5. The van der Waals surface area contributed by atoms with Gasteiger partial charge in [0.25, 0.3) is 5.91 Å². The number of hydrogen-bond acceptors (Lipinski definition) is 5. The Hall–Kier alpha value is -2.89. The van der Waals surface area contributed by atoms with Gasteiger partial charge >= 0.3 is 0 Å². The van der Waals surface area contributed by atoms with Crippen LogP contribution in [0, 0.1) is 0 Å². The lowest BCUT2D eigenvalue weighted by atomic mass is 10.2. The molecule has 6 heteroatoms. The van der Waals surface area contributed by atoms with Gasteiger partial charge in [0.1, 0.15) is 5.75 Å². The van der Waals surface area contributed by atoms with Crippen LogP contribution in [0.1, 0.15) is 5.82 Å². The van der Waals surface area contributed by atoms with Gasteiger partial charge in [-0.15, -0.1) is 0 Å². The number of carbonyl (C=O) groups is 1. The van der Waals surface area contributed by atoms with E-state index in [1.165, 1.54) is 17.3 Å². The first-order valence-electron chi connectivity index (χ1n) is 6.38. The molecule has 0 saturated carbocycles. The molecule has 0 unspecified atom stereocenters. The molecule has 1 N–H and O–H groups in total. The average molecular weight is 283 g/mol. The zero-order valence-corrected chi connectivity index (χ0v) is 11.4. The second-order valence-electron chi connectivity index (χ2n) is 4.65. The second kappa shape index (κ2) is 5.24. The number of ether oxygens (including phenoxy) is 1. The highest BCUT2D eigenvalue weighted by Crippen LogP contribution is 2.24. The third kappa shape index (κ3) is 2.55. The molecule has 0 radical (unpaired) electrons. The first-order chi connectivity index (χ1) is 10.1. The minimum Gasteiger partial charge on any atom is -0.503 e. The summed E-state index contributed by atoms with van der Waals surface area (Å²) in [6, 6.07) is 9.29. The topological polar surface area (TPSA) is 75.6 Å². The fraction of sp³-hybridized carbons (Fsp3) is 0.133. The third-order valence-corrected chi connectivity index (χ3v) is 3.11. The molecular formula is C15H13N3O3. The van der Waals surface area contributed by atoms with Crippen LogP contribution < -0.4 is 4.74 Å². The van der Waals surface area contributed by atoms with Crippen LogP contribution in [-0.4, -0.2) is 39.5 Å². The number of hydrogen-bond donors (Lipinski definition) is 1. The number of likely N-dealkylation sites (N-methyl/N-ethyl adjacent to an activating group) is 1. The van der Waals surface area contributed by atoms with Crippen molar-refractivity contribution in [1.82, 2.24) is 14.9 Å². The van der Waals surface area contributed by atoms with Crippen molar-refractivity contribution in [3.63, 3.8) is 0 Å². The van der Waals surface area contributed by atoms with E-state index in [-0.39, 0.29) is 5.76 Å². The Bertz CT molecular complexity index is 696. The molecule has 1 aliphatic rings. The van der Waals surface area contributed by atoms with E-state index in [1.807, 2.05) is 30.3 Å². The lowest BCUT2D eigenvalue weighted by Crippen LogP contribution is -2.21. The number of aliphatic hydroxyl groups is 1. The van der Waals surface area contributed by atoms with Crippen molar-refractivity contribution < 1.29 is 14.6 Å². The monoisotopic (exact) mass is 283 g/mol. The maximum Gasteiger partial charge on any atom is 0.289 e. The first-order valence-corrected chi connectivity index (χ1v) is 6.38. The fourth-order valence-electron chi connectivity index (χ4n) is 2.02. The molecule has 1 amide bonds. The summed E-state index contributed by atoms with van der Waals surface area (Å²) in [6.45, 7) is 0.295. The van der Waals surface area contributed by atoms with Crippen LogP contribution in [0.3, 0.4) is 0 Å². The highest BCUT2D eigenvalue weighted by Gasteiger charge is 2.29. The lowest BCUT2D eigenvalue weighted by Gasteiger charge is -2.07. The van der Waals surface area contributed by atoms with Gasteiger partial charge in [-0.3, -0.25) is 4.79 Å². The average Bonchev–Trinajstić information content (AvgIpc) is 2.77. The van der Waals surface area contributed by atoms with E-state index in [4.69, 9.17) is 4.74 Å². The number of aromatic nitrogens is 2. The van der Waals surface area contributed by atoms with Crippen molar-refractivity contribution in [1.29, 1.82) is 0 Å². The molecule has 0 atom stereocenters. The largest absolute Gasteiger partial charge is 0.503 e. The first kappa shape index (κ1) is 13.1. The maximum atomic E-state index is 11.5. The molecular weight excluding hydrogens is 270 g/mol. The van der Waals surface area contributed by atoms with Crippen molar-refractivity contribution in [2.45, 2.75) is 0 Å². The van der Waals surface area contributed by atoms with Gasteiger partial charge < -0.3 is 14.7 Å². The van der Waals surface area contributed by atoms with E-state index in [0.717, 1.165) is 0 Å². The Morgan fingerprint density at radius 2 is 1.81 bits per heavy atom. The van der Waals surface area contributed by atoms with Crippen LogP contribution in [0.15, 0.2) is 48.5 Å². The van der Waals surface area contributed by atoms with Crippen LogP contribution in [-0.2, 0) is 4.79 Å². The molecule has 2 heterocycles. The number of amides is 1. The van der Waals surface area contributed by atoms with Crippen LogP contribution in [0.25, 0.3) is 5.57 Å². The zero-order valence-electron chi connectivity index (χ0n) is 11.4. The van der Waals surface area contributed by atoms with Crippen LogP contribution in [0.5, 0.6) is 11.5 Å². The third-order valence-electron chi connectivity index (χ3n) is 3.11. The summed E-state index contributed by atoms with van der Waals surface area (Å²) in [5.74, 6) is 0.785. The number of para-hydroxylation sites is 1. The number of rotatable bonds is 3. The highest BCUT2D eigenvalue weighted by atomic mass is 16.5. The van der Waals surface area contributed by atoms with Crippen molar-refractivity contribution in [3.8, 4) is 11.5 Å². The quantitative estimate of drug-likeness (QED) is 0.932. The molecule has 1 aliphatic heterocycles. The highest BCUT2D eigenvalue weighted by molar-refractivity contribution is 6.02. The number of benzene rings is 1. The molecule has 0 bridgehead atoms. The van der Waals surface area contributed by atoms with Gasteiger partial charge in [0.05, 0.1) is 24.5 Å². The van der Waals surface area contributed by atoms with Gasteiger partial charge in [0.15, 0.2) is 17.3 Å². The summed E-state index contributed by atoms with van der Waals surface area (Å²) >= 11 is 0. The molecule has 1 aromatic heterocycles. The van der Waals surface area contributed by atoms with Gasteiger partial charge in [-0.1, -0.05) is 18.2 Å². The minimum atomic E-state index is -0.418. The Labute approximate surface area is 121 Å². The van der Waals surface area contributed by atoms with Gasteiger partial charge in [-0.25, -0.2) is 9.97 Å². The second-order valence-corrected chi connectivity index (χ2v) is 4.65. The standard InChI is InChI=1S/C15H13N3O3/c1-18-9-12(13(19)15(18)20)14-16-7-11(8-17-14)21-10-5-3-2-4-6-10/h2-8,19H,9H2,1H3. The SMILES string of the molecule is CN1CC(c2ncc(Oc3ccccc3)cn2)=C(O)C1=O. The molecule has 2 aromatic rings. The summed E-state index contributed by atoms with van der Waals surface area (Å²) in [7, 11) is 1.61. The summed E-state index contributed by atoms with van der Waals surface area (Å²) in [4.78, 5) is 21.2. The van der Waals surface area contributed by atoms with Crippen LogP contribution in [0.4, 0.5) is 0 Å². The van der Waals surface area contributed by atoms with Gasteiger partial charge in [-0.05, 0) is 12.1 Å². The van der Waals surface area contributed by atoms with Crippen molar-refractivity contribution in [2.24, 2.45) is 0 Å². The Morgan fingerprint density at radius 1 is 1.14 bits per heavy atom. The minimum absolute atomic E-state index is 0.295.